The molecule has 11 heteroatoms. The van der Waals surface area contributed by atoms with Crippen LogP contribution in [-0.4, -0.2) is 44.2 Å². The Bertz CT molecular complexity index is 1210. The average molecular weight is 499 g/mol. The summed E-state index contributed by atoms with van der Waals surface area (Å²) >= 11 is 24.9. The zero-order chi connectivity index (χ0) is 22.4. The Hall–Kier alpha value is -2.32. The van der Waals surface area contributed by atoms with Gasteiger partial charge in [-0.05, 0) is 38.1 Å². The first kappa shape index (κ1) is 21.9. The molecule has 0 radical (unpaired) electrons. The molecule has 1 aliphatic rings. The highest BCUT2D eigenvalue weighted by atomic mass is 35.5. The first-order valence-electron chi connectivity index (χ1n) is 9.17. The summed E-state index contributed by atoms with van der Waals surface area (Å²) in [6.07, 6.45) is 1.53. The summed E-state index contributed by atoms with van der Waals surface area (Å²) in [5.74, 6) is -0.502. The monoisotopic (exact) mass is 497 g/mol. The zero-order valence-corrected chi connectivity index (χ0v) is 19.3. The Morgan fingerprint density at radius 2 is 1.84 bits per heavy atom. The summed E-state index contributed by atoms with van der Waals surface area (Å²) in [6.45, 7) is 3.70. The molecule has 7 nitrogen and oxygen atoms in total. The maximum atomic E-state index is 13.7. The lowest BCUT2D eigenvalue weighted by Gasteiger charge is -2.39. The fraction of sp³-hybridized carbons (Fsp3) is 0.200. The molecule has 2 amide bonds. The molecule has 0 spiro atoms. The normalized spacial score (nSPS) is 13.7. The van der Waals surface area contributed by atoms with E-state index in [4.69, 9.17) is 46.4 Å². The molecule has 4 rings (SSSR count). The highest BCUT2D eigenvalue weighted by Crippen LogP contribution is 2.38. The van der Waals surface area contributed by atoms with Gasteiger partial charge in [0, 0.05) is 23.3 Å². The van der Waals surface area contributed by atoms with Crippen LogP contribution in [0.1, 0.15) is 34.7 Å². The Morgan fingerprint density at radius 3 is 2.52 bits per heavy atom. The van der Waals surface area contributed by atoms with Crippen LogP contribution in [0.5, 0.6) is 0 Å². The summed E-state index contributed by atoms with van der Waals surface area (Å²) in [6, 6.07) is 7.51. The van der Waals surface area contributed by atoms with Crippen molar-refractivity contribution in [2.75, 3.05) is 11.6 Å². The number of halogens is 4. The van der Waals surface area contributed by atoms with Crippen molar-refractivity contribution in [3.63, 3.8) is 0 Å². The van der Waals surface area contributed by atoms with Gasteiger partial charge in [-0.2, -0.15) is 5.10 Å². The van der Waals surface area contributed by atoms with Crippen molar-refractivity contribution < 1.29 is 9.59 Å². The highest BCUT2D eigenvalue weighted by molar-refractivity contribution is 6.38. The highest BCUT2D eigenvalue weighted by Gasteiger charge is 2.37. The number of hydrogen-bond acceptors (Lipinski definition) is 4. The van der Waals surface area contributed by atoms with E-state index < -0.39 is 5.91 Å². The third-order valence-corrected chi connectivity index (χ3v) is 5.78. The molecular weight excluding hydrogens is 484 g/mol. The van der Waals surface area contributed by atoms with E-state index in [1.807, 2.05) is 13.8 Å². The number of hydrogen-bond donors (Lipinski definition) is 0. The standard InChI is InChI=1S/C20H15Cl4N5O2/c1-10(2)27-9-28(17-12(19(27)30)6-11(21)7-14(17)23)20(31)15-8-16(24)26-29(15)18-13(22)4-3-5-25-18/h3-8,10H,9H2,1-2H3. The number of nitrogens with zero attached hydrogens (tertiary/aromatic N) is 5. The molecule has 1 aliphatic heterocycles. The number of aromatic nitrogens is 3. The molecule has 0 aliphatic carbocycles. The van der Waals surface area contributed by atoms with Crippen LogP contribution in [0.4, 0.5) is 5.69 Å². The topological polar surface area (TPSA) is 71.3 Å². The van der Waals surface area contributed by atoms with Crippen molar-refractivity contribution in [3.05, 3.63) is 68.0 Å². The van der Waals surface area contributed by atoms with Gasteiger partial charge in [-0.1, -0.05) is 46.4 Å². The summed E-state index contributed by atoms with van der Waals surface area (Å²) < 4.78 is 1.27. The number of carbonyl (C=O) groups excluding carboxylic acids is 2. The molecule has 0 saturated heterocycles. The summed E-state index contributed by atoms with van der Waals surface area (Å²) in [4.78, 5) is 33.9. The molecule has 160 valence electrons. The van der Waals surface area contributed by atoms with Gasteiger partial charge in [0.2, 0.25) is 0 Å². The SMILES string of the molecule is CC(C)N1CN(C(=O)c2cc(Cl)nn2-c2ncccc2Cl)c2c(Cl)cc(Cl)cc2C1=O. The van der Waals surface area contributed by atoms with Crippen molar-refractivity contribution in [1.29, 1.82) is 0 Å². The van der Waals surface area contributed by atoms with Crippen LogP contribution in [-0.2, 0) is 0 Å². The minimum atomic E-state index is -0.482. The third-order valence-electron chi connectivity index (χ3n) is 4.79. The average Bonchev–Trinajstić information content (AvgIpc) is 3.09. The molecular formula is C20H15Cl4N5O2. The van der Waals surface area contributed by atoms with E-state index >= 15 is 0 Å². The van der Waals surface area contributed by atoms with Gasteiger partial charge in [-0.15, -0.1) is 0 Å². The van der Waals surface area contributed by atoms with Crippen molar-refractivity contribution in [1.82, 2.24) is 19.7 Å². The predicted octanol–water partition coefficient (Wildman–Crippen LogP) is 5.35. The van der Waals surface area contributed by atoms with E-state index in [0.717, 1.165) is 0 Å². The lowest BCUT2D eigenvalue weighted by atomic mass is 10.1. The molecule has 0 N–H and O–H groups in total. The Labute approximate surface area is 198 Å². The van der Waals surface area contributed by atoms with Crippen molar-refractivity contribution in [2.45, 2.75) is 19.9 Å². The molecule has 3 heterocycles. The molecule has 0 unspecified atom stereocenters. The fourth-order valence-electron chi connectivity index (χ4n) is 3.35. The second-order valence-electron chi connectivity index (χ2n) is 7.10. The number of carbonyl (C=O) groups is 2. The van der Waals surface area contributed by atoms with Crippen molar-refractivity contribution in [3.8, 4) is 5.82 Å². The number of benzene rings is 1. The molecule has 0 atom stereocenters. The Morgan fingerprint density at radius 1 is 1.10 bits per heavy atom. The van der Waals surface area contributed by atoms with Crippen LogP contribution in [0, 0.1) is 0 Å². The van der Waals surface area contributed by atoms with Crippen molar-refractivity contribution >= 4 is 63.9 Å². The summed E-state index contributed by atoms with van der Waals surface area (Å²) in [5.41, 5.74) is 0.619. The number of rotatable bonds is 3. The minimum absolute atomic E-state index is 0.0115. The van der Waals surface area contributed by atoms with Gasteiger partial charge in [0.15, 0.2) is 11.0 Å². The molecule has 3 aromatic rings. The minimum Gasteiger partial charge on any atom is -0.318 e. The maximum absolute atomic E-state index is 13.7. The molecule has 0 saturated carbocycles. The first-order valence-corrected chi connectivity index (χ1v) is 10.7. The van der Waals surface area contributed by atoms with Crippen LogP contribution in [0.15, 0.2) is 36.5 Å². The van der Waals surface area contributed by atoms with Crippen LogP contribution < -0.4 is 4.90 Å². The lowest BCUT2D eigenvalue weighted by Crippen LogP contribution is -2.52. The number of fused-ring (bicyclic) bond motifs is 1. The largest absolute Gasteiger partial charge is 0.318 e. The van der Waals surface area contributed by atoms with Gasteiger partial charge in [0.05, 0.1) is 21.3 Å². The van der Waals surface area contributed by atoms with E-state index in [2.05, 4.69) is 10.1 Å². The zero-order valence-electron chi connectivity index (χ0n) is 16.3. The van der Waals surface area contributed by atoms with Crippen LogP contribution in [0.2, 0.25) is 20.2 Å². The van der Waals surface area contributed by atoms with Gasteiger partial charge in [0.25, 0.3) is 11.8 Å². The third kappa shape index (κ3) is 3.87. The van der Waals surface area contributed by atoms with Crippen LogP contribution in [0.3, 0.4) is 0 Å². The molecule has 31 heavy (non-hydrogen) atoms. The van der Waals surface area contributed by atoms with Gasteiger partial charge < -0.3 is 4.90 Å². The van der Waals surface area contributed by atoms with E-state index in [-0.39, 0.29) is 51.6 Å². The van der Waals surface area contributed by atoms with E-state index in [1.54, 1.807) is 17.0 Å². The molecule has 0 fully saturated rings. The quantitative estimate of drug-likeness (QED) is 0.488. The molecule has 1 aromatic carbocycles. The van der Waals surface area contributed by atoms with Gasteiger partial charge in [0.1, 0.15) is 12.4 Å². The van der Waals surface area contributed by atoms with Gasteiger partial charge in [-0.3, -0.25) is 14.5 Å². The summed E-state index contributed by atoms with van der Waals surface area (Å²) in [7, 11) is 0. The van der Waals surface area contributed by atoms with E-state index in [1.165, 1.54) is 34.0 Å². The fourth-order valence-corrected chi connectivity index (χ4v) is 4.32. The second-order valence-corrected chi connectivity index (χ2v) is 8.74. The van der Waals surface area contributed by atoms with Crippen LogP contribution >= 0.6 is 46.4 Å². The van der Waals surface area contributed by atoms with Crippen LogP contribution in [0.25, 0.3) is 5.82 Å². The Balaban J connectivity index is 1.88. The predicted molar refractivity (Wildman–Crippen MR) is 121 cm³/mol. The Kier molecular flexibility index (Phi) is 5.87. The number of pyridine rings is 1. The lowest BCUT2D eigenvalue weighted by molar-refractivity contribution is 0.0678. The molecule has 2 aromatic heterocycles. The second kappa shape index (κ2) is 8.31. The van der Waals surface area contributed by atoms with E-state index in [9.17, 15) is 9.59 Å². The van der Waals surface area contributed by atoms with Gasteiger partial charge >= 0.3 is 0 Å². The van der Waals surface area contributed by atoms with Crippen molar-refractivity contribution in [2.24, 2.45) is 0 Å². The number of anilines is 1. The molecule has 0 bridgehead atoms. The number of amides is 2. The smallest absolute Gasteiger partial charge is 0.278 e. The van der Waals surface area contributed by atoms with E-state index in [0.29, 0.717) is 10.0 Å². The maximum Gasteiger partial charge on any atom is 0.278 e. The van der Waals surface area contributed by atoms with Gasteiger partial charge in [-0.25, -0.2) is 9.67 Å². The summed E-state index contributed by atoms with van der Waals surface area (Å²) in [5, 5.41) is 5.02. The first-order chi connectivity index (χ1) is 14.7.